The largest absolute Gasteiger partial charge is 0.381 e. The zero-order valence-corrected chi connectivity index (χ0v) is 14.6. The number of likely N-dealkylation sites (tertiary alicyclic amines) is 1. The monoisotopic (exact) mass is 360 g/mol. The number of nitrogens with one attached hydrogen (secondary N) is 1. The van der Waals surface area contributed by atoms with Gasteiger partial charge in [0.1, 0.15) is 5.82 Å². The Hall–Kier alpha value is -2.48. The van der Waals surface area contributed by atoms with E-state index in [1.54, 1.807) is 30.0 Å². The Kier molecular flexibility index (Phi) is 4.36. The van der Waals surface area contributed by atoms with Crippen molar-refractivity contribution < 1.29 is 18.4 Å². The van der Waals surface area contributed by atoms with Crippen LogP contribution in [0.4, 0.5) is 14.9 Å². The van der Waals surface area contributed by atoms with Gasteiger partial charge in [0, 0.05) is 31.7 Å². The van der Waals surface area contributed by atoms with Gasteiger partial charge in [-0.2, -0.15) is 4.98 Å². The van der Waals surface area contributed by atoms with Crippen molar-refractivity contribution in [3.05, 3.63) is 41.8 Å². The minimum absolute atomic E-state index is 0.0426. The van der Waals surface area contributed by atoms with Crippen LogP contribution in [0, 0.1) is 18.2 Å². The molecule has 2 aliphatic rings. The summed E-state index contributed by atoms with van der Waals surface area (Å²) >= 11 is 0. The number of halogens is 1. The van der Waals surface area contributed by atoms with Gasteiger partial charge in [-0.25, -0.2) is 9.18 Å². The van der Waals surface area contributed by atoms with E-state index in [-0.39, 0.29) is 23.1 Å². The van der Waals surface area contributed by atoms with E-state index in [1.165, 1.54) is 6.07 Å². The molecule has 2 aromatic rings. The number of nitrogens with zero attached hydrogens (tertiary/aromatic N) is 3. The number of ether oxygens (including phenoxy) is 1. The summed E-state index contributed by atoms with van der Waals surface area (Å²) in [5.74, 6) is 0.644. The molecule has 1 aromatic carbocycles. The molecule has 1 N–H and O–H groups in total. The highest BCUT2D eigenvalue weighted by molar-refractivity contribution is 5.89. The van der Waals surface area contributed by atoms with Crippen LogP contribution < -0.4 is 5.32 Å². The number of urea groups is 1. The van der Waals surface area contributed by atoms with E-state index < -0.39 is 5.82 Å². The Balaban J connectivity index is 1.56. The average Bonchev–Trinajstić information content (AvgIpc) is 3.22. The van der Waals surface area contributed by atoms with E-state index in [4.69, 9.17) is 9.26 Å². The summed E-state index contributed by atoms with van der Waals surface area (Å²) in [5, 5.41) is 6.57. The van der Waals surface area contributed by atoms with Gasteiger partial charge in [0.2, 0.25) is 5.89 Å². The first-order chi connectivity index (χ1) is 12.6. The number of hydrogen-bond acceptors (Lipinski definition) is 5. The minimum atomic E-state index is -0.454. The maximum Gasteiger partial charge on any atom is 0.321 e. The Bertz CT molecular complexity index is 803. The molecule has 2 fully saturated rings. The molecule has 0 radical (unpaired) electrons. The van der Waals surface area contributed by atoms with E-state index in [0.29, 0.717) is 38.0 Å². The number of anilines is 1. The van der Waals surface area contributed by atoms with Crippen molar-refractivity contribution in [1.29, 1.82) is 0 Å². The smallest absolute Gasteiger partial charge is 0.321 e. The molecule has 1 spiro atoms. The van der Waals surface area contributed by atoms with Crippen molar-refractivity contribution in [1.82, 2.24) is 15.0 Å². The lowest BCUT2D eigenvalue weighted by Gasteiger charge is -2.36. The molecule has 26 heavy (non-hydrogen) atoms. The molecule has 4 rings (SSSR count). The third kappa shape index (κ3) is 3.05. The second kappa shape index (κ2) is 6.68. The summed E-state index contributed by atoms with van der Waals surface area (Å²) in [5.41, 5.74) is 0.0275. The number of aromatic nitrogens is 2. The highest BCUT2D eigenvalue weighted by atomic mass is 19.1. The first kappa shape index (κ1) is 17.0. The summed E-state index contributed by atoms with van der Waals surface area (Å²) in [4.78, 5) is 18.8. The zero-order chi connectivity index (χ0) is 18.1. The lowest BCUT2D eigenvalue weighted by molar-refractivity contribution is 0.00959. The van der Waals surface area contributed by atoms with Gasteiger partial charge in [0.25, 0.3) is 0 Å². The molecular weight excluding hydrogens is 339 g/mol. The molecule has 8 heteroatoms. The Morgan fingerprint density at radius 2 is 2.12 bits per heavy atom. The van der Waals surface area contributed by atoms with Crippen LogP contribution in [-0.4, -0.2) is 47.4 Å². The summed E-state index contributed by atoms with van der Waals surface area (Å²) < 4.78 is 24.8. The fourth-order valence-electron chi connectivity index (χ4n) is 3.96. The number of carbonyl (C=O) groups is 1. The van der Waals surface area contributed by atoms with Crippen LogP contribution in [0.15, 0.2) is 28.8 Å². The molecule has 0 saturated carbocycles. The van der Waals surface area contributed by atoms with E-state index >= 15 is 0 Å². The number of para-hydroxylation sites is 1. The van der Waals surface area contributed by atoms with Crippen LogP contribution in [0.3, 0.4) is 0 Å². The Labute approximate surface area is 150 Å². The van der Waals surface area contributed by atoms with Gasteiger partial charge in [-0.3, -0.25) is 0 Å². The number of amides is 2. The van der Waals surface area contributed by atoms with Crippen molar-refractivity contribution >= 4 is 11.7 Å². The number of hydrogen-bond donors (Lipinski definition) is 1. The topological polar surface area (TPSA) is 80.5 Å². The van der Waals surface area contributed by atoms with Crippen LogP contribution in [-0.2, 0) is 4.74 Å². The Morgan fingerprint density at radius 3 is 2.81 bits per heavy atom. The molecule has 7 nitrogen and oxygen atoms in total. The van der Waals surface area contributed by atoms with Crippen LogP contribution in [0.5, 0.6) is 0 Å². The lowest BCUT2D eigenvalue weighted by atomic mass is 9.72. The van der Waals surface area contributed by atoms with Crippen LogP contribution in [0.2, 0.25) is 0 Å². The van der Waals surface area contributed by atoms with Gasteiger partial charge in [-0.05, 0) is 31.9 Å². The van der Waals surface area contributed by atoms with E-state index in [0.717, 1.165) is 12.8 Å². The van der Waals surface area contributed by atoms with Gasteiger partial charge in [0.05, 0.1) is 11.6 Å². The maximum atomic E-state index is 13.8. The summed E-state index contributed by atoms with van der Waals surface area (Å²) in [6.45, 7) is 4.09. The predicted octanol–water partition coefficient (Wildman–Crippen LogP) is 2.95. The molecule has 2 amide bonds. The van der Waals surface area contributed by atoms with Gasteiger partial charge in [-0.15, -0.1) is 0 Å². The Morgan fingerprint density at radius 1 is 1.35 bits per heavy atom. The summed E-state index contributed by atoms with van der Waals surface area (Å²) in [7, 11) is 0. The second-order valence-corrected chi connectivity index (χ2v) is 7.00. The molecule has 1 atom stereocenters. The number of carbonyl (C=O) groups excluding carboxylic acids is 1. The highest BCUT2D eigenvalue weighted by Gasteiger charge is 2.51. The van der Waals surface area contributed by atoms with Gasteiger partial charge < -0.3 is 19.5 Å². The highest BCUT2D eigenvalue weighted by Crippen LogP contribution is 2.49. The normalized spacial score (nSPS) is 21.9. The molecule has 3 heterocycles. The number of benzene rings is 1. The van der Waals surface area contributed by atoms with Gasteiger partial charge >= 0.3 is 6.03 Å². The van der Waals surface area contributed by atoms with Crippen molar-refractivity contribution in [3.63, 3.8) is 0 Å². The van der Waals surface area contributed by atoms with Gasteiger partial charge in [-0.1, -0.05) is 17.3 Å². The number of aryl methyl sites for hydroxylation is 1. The summed E-state index contributed by atoms with van der Waals surface area (Å²) in [6, 6.07) is 5.83. The quantitative estimate of drug-likeness (QED) is 0.891. The van der Waals surface area contributed by atoms with Crippen LogP contribution >= 0.6 is 0 Å². The molecule has 0 aliphatic carbocycles. The standard InChI is InChI=1S/C18H21FN4O3/c1-12-20-16(26-22-12)13-10-23(11-18(13)6-8-25-9-7-18)17(24)21-15-5-3-2-4-14(15)19/h2-5,13H,6-11H2,1H3,(H,21,24). The van der Waals surface area contributed by atoms with Crippen molar-refractivity contribution in [2.45, 2.75) is 25.7 Å². The third-order valence-corrected chi connectivity index (χ3v) is 5.38. The fourth-order valence-corrected chi connectivity index (χ4v) is 3.96. The first-order valence-corrected chi connectivity index (χ1v) is 8.76. The fraction of sp³-hybridized carbons (Fsp3) is 0.500. The second-order valence-electron chi connectivity index (χ2n) is 7.00. The average molecular weight is 360 g/mol. The van der Waals surface area contributed by atoms with E-state index in [9.17, 15) is 9.18 Å². The van der Waals surface area contributed by atoms with Crippen molar-refractivity contribution in [2.24, 2.45) is 5.41 Å². The molecule has 1 aromatic heterocycles. The van der Waals surface area contributed by atoms with Gasteiger partial charge in [0.15, 0.2) is 5.82 Å². The summed E-state index contributed by atoms with van der Waals surface area (Å²) in [6.07, 6.45) is 1.64. The molecule has 0 bridgehead atoms. The molecule has 2 saturated heterocycles. The first-order valence-electron chi connectivity index (χ1n) is 8.76. The third-order valence-electron chi connectivity index (χ3n) is 5.38. The molecule has 1 unspecified atom stereocenters. The zero-order valence-electron chi connectivity index (χ0n) is 14.6. The SMILES string of the molecule is Cc1noc(C2CN(C(=O)Nc3ccccc3F)CC23CCOCC3)n1. The maximum absolute atomic E-state index is 13.8. The molecule has 138 valence electrons. The molecule has 2 aliphatic heterocycles. The molecular formula is C18H21FN4O3. The van der Waals surface area contributed by atoms with Crippen molar-refractivity contribution in [3.8, 4) is 0 Å². The van der Waals surface area contributed by atoms with Crippen LogP contribution in [0.25, 0.3) is 0 Å². The van der Waals surface area contributed by atoms with Crippen LogP contribution in [0.1, 0.15) is 30.5 Å². The lowest BCUT2D eigenvalue weighted by Crippen LogP contribution is -2.38. The van der Waals surface area contributed by atoms with E-state index in [1.807, 2.05) is 0 Å². The predicted molar refractivity (Wildman–Crippen MR) is 91.3 cm³/mol. The van der Waals surface area contributed by atoms with E-state index in [2.05, 4.69) is 15.5 Å². The number of rotatable bonds is 2. The minimum Gasteiger partial charge on any atom is -0.381 e. The van der Waals surface area contributed by atoms with Crippen molar-refractivity contribution in [2.75, 3.05) is 31.6 Å².